The predicted octanol–water partition coefficient (Wildman–Crippen LogP) is 1.65. The van der Waals surface area contributed by atoms with Crippen molar-refractivity contribution in [1.29, 1.82) is 0 Å². The number of phenols is 1. The van der Waals surface area contributed by atoms with Gasteiger partial charge in [-0.1, -0.05) is 18.9 Å². The molecule has 5 atom stereocenters. The summed E-state index contributed by atoms with van der Waals surface area (Å²) < 4.78 is 16.1. The van der Waals surface area contributed by atoms with Crippen LogP contribution >= 0.6 is 0 Å². The van der Waals surface area contributed by atoms with Gasteiger partial charge in [-0.15, -0.1) is 6.58 Å². The molecule has 29 heavy (non-hydrogen) atoms. The Kier molecular flexibility index (Phi) is 9.40. The lowest BCUT2D eigenvalue weighted by Gasteiger charge is -2.39. The van der Waals surface area contributed by atoms with Crippen molar-refractivity contribution < 1.29 is 39.4 Å². The van der Waals surface area contributed by atoms with Crippen LogP contribution in [0.5, 0.6) is 11.5 Å². The standard InChI is InChI=1S/C21H30O8/c1-2-3-4-5-6-7-8-17(23)27-13-16-18(24)19(25)20(26)21(29-16)28-15-11-9-14(22)10-12-15/h2,9-12,16,18-22,24-26H,1,3-8,13H2/t16-,18-,19+,20-,21-/m1/s1. The first kappa shape index (κ1) is 23.2. The third-order valence-corrected chi connectivity index (χ3v) is 4.71. The largest absolute Gasteiger partial charge is 0.508 e. The summed E-state index contributed by atoms with van der Waals surface area (Å²) in [5, 5.41) is 39.6. The quantitative estimate of drug-likeness (QED) is 0.246. The molecule has 8 nitrogen and oxygen atoms in total. The molecule has 0 aromatic heterocycles. The van der Waals surface area contributed by atoms with Gasteiger partial charge in [-0.2, -0.15) is 0 Å². The number of rotatable bonds is 11. The monoisotopic (exact) mass is 410 g/mol. The lowest BCUT2D eigenvalue weighted by molar-refractivity contribution is -0.278. The molecule has 0 amide bonds. The van der Waals surface area contributed by atoms with Crippen LogP contribution in [0.25, 0.3) is 0 Å². The Balaban J connectivity index is 1.80. The summed E-state index contributed by atoms with van der Waals surface area (Å²) in [5.74, 6) is -0.0767. The highest BCUT2D eigenvalue weighted by atomic mass is 16.7. The van der Waals surface area contributed by atoms with E-state index < -0.39 is 36.7 Å². The first-order valence-electron chi connectivity index (χ1n) is 9.84. The molecule has 1 saturated heterocycles. The van der Waals surface area contributed by atoms with Gasteiger partial charge in [0, 0.05) is 6.42 Å². The number of benzene rings is 1. The molecular weight excluding hydrogens is 380 g/mol. The number of ether oxygens (including phenoxy) is 3. The number of aromatic hydroxyl groups is 1. The van der Waals surface area contributed by atoms with E-state index >= 15 is 0 Å². The van der Waals surface area contributed by atoms with Gasteiger partial charge in [0.1, 0.15) is 42.5 Å². The Hall–Kier alpha value is -2.13. The average molecular weight is 410 g/mol. The molecule has 0 unspecified atom stereocenters. The van der Waals surface area contributed by atoms with E-state index in [4.69, 9.17) is 14.2 Å². The van der Waals surface area contributed by atoms with Crippen LogP contribution in [0, 0.1) is 0 Å². The predicted molar refractivity (Wildman–Crippen MR) is 104 cm³/mol. The molecule has 8 heteroatoms. The second-order valence-corrected chi connectivity index (χ2v) is 7.05. The van der Waals surface area contributed by atoms with Crippen molar-refractivity contribution in [2.24, 2.45) is 0 Å². The molecule has 1 aromatic carbocycles. The van der Waals surface area contributed by atoms with Gasteiger partial charge in [0.15, 0.2) is 0 Å². The summed E-state index contributed by atoms with van der Waals surface area (Å²) in [6.07, 6.45) is -0.00747. The third kappa shape index (κ3) is 7.32. The number of carbonyl (C=O) groups is 1. The normalized spacial score (nSPS) is 26.7. The highest BCUT2D eigenvalue weighted by Crippen LogP contribution is 2.25. The molecule has 162 valence electrons. The van der Waals surface area contributed by atoms with E-state index in [1.807, 2.05) is 6.08 Å². The molecule has 1 aliphatic heterocycles. The van der Waals surface area contributed by atoms with Crippen LogP contribution in [0.4, 0.5) is 0 Å². The molecule has 4 N–H and O–H groups in total. The Morgan fingerprint density at radius 3 is 2.41 bits per heavy atom. The Morgan fingerprint density at radius 1 is 1.03 bits per heavy atom. The van der Waals surface area contributed by atoms with Gasteiger partial charge < -0.3 is 34.6 Å². The zero-order valence-electron chi connectivity index (χ0n) is 16.4. The molecule has 0 radical (unpaired) electrons. The Bertz CT molecular complexity index is 632. The van der Waals surface area contributed by atoms with Crippen molar-refractivity contribution in [1.82, 2.24) is 0 Å². The van der Waals surface area contributed by atoms with Crippen molar-refractivity contribution >= 4 is 5.97 Å². The average Bonchev–Trinajstić information content (AvgIpc) is 2.71. The van der Waals surface area contributed by atoms with E-state index in [0.717, 1.165) is 25.7 Å². The number of carbonyl (C=O) groups excluding carboxylic acids is 1. The zero-order valence-corrected chi connectivity index (χ0v) is 16.4. The number of aliphatic hydroxyl groups excluding tert-OH is 3. The van der Waals surface area contributed by atoms with Crippen molar-refractivity contribution in [2.45, 2.75) is 69.2 Å². The van der Waals surface area contributed by atoms with Crippen LogP contribution in [0.1, 0.15) is 38.5 Å². The van der Waals surface area contributed by atoms with Gasteiger partial charge in [0.05, 0.1) is 0 Å². The van der Waals surface area contributed by atoms with Crippen LogP contribution in [-0.4, -0.2) is 63.7 Å². The molecule has 0 aliphatic carbocycles. The molecule has 0 saturated carbocycles. The van der Waals surface area contributed by atoms with Crippen molar-refractivity contribution in [3.05, 3.63) is 36.9 Å². The fourth-order valence-corrected chi connectivity index (χ4v) is 2.97. The molecule has 1 heterocycles. The number of esters is 1. The van der Waals surface area contributed by atoms with Crippen molar-refractivity contribution in [3.8, 4) is 11.5 Å². The minimum atomic E-state index is -1.53. The lowest BCUT2D eigenvalue weighted by atomic mass is 9.99. The van der Waals surface area contributed by atoms with Gasteiger partial charge in [0.25, 0.3) is 0 Å². The highest BCUT2D eigenvalue weighted by Gasteiger charge is 2.45. The first-order chi connectivity index (χ1) is 13.9. The lowest BCUT2D eigenvalue weighted by Crippen LogP contribution is -2.60. The SMILES string of the molecule is C=CCCCCCCC(=O)OC[C@H]1O[C@@H](Oc2ccc(O)cc2)[C@H](O)[C@@H](O)[C@@H]1O. The summed E-state index contributed by atoms with van der Waals surface area (Å²) in [4.78, 5) is 11.9. The number of aliphatic hydroxyl groups is 3. The van der Waals surface area contributed by atoms with Crippen LogP contribution < -0.4 is 4.74 Å². The Morgan fingerprint density at radius 2 is 1.72 bits per heavy atom. The summed E-state index contributed by atoms with van der Waals surface area (Å²) in [6.45, 7) is 3.40. The van der Waals surface area contributed by atoms with Crippen LogP contribution in [-0.2, 0) is 14.3 Å². The third-order valence-electron chi connectivity index (χ3n) is 4.71. The van der Waals surface area contributed by atoms with Crippen LogP contribution in [0.3, 0.4) is 0 Å². The zero-order chi connectivity index (χ0) is 21.2. The van der Waals surface area contributed by atoms with Crippen molar-refractivity contribution in [2.75, 3.05) is 6.61 Å². The van der Waals surface area contributed by atoms with Gasteiger partial charge in [0.2, 0.25) is 6.29 Å². The van der Waals surface area contributed by atoms with Gasteiger partial charge >= 0.3 is 5.97 Å². The number of unbranched alkanes of at least 4 members (excludes halogenated alkanes) is 4. The number of hydrogen-bond acceptors (Lipinski definition) is 8. The van der Waals surface area contributed by atoms with E-state index in [9.17, 15) is 25.2 Å². The fourth-order valence-electron chi connectivity index (χ4n) is 2.97. The maximum Gasteiger partial charge on any atom is 0.305 e. The number of hydrogen-bond donors (Lipinski definition) is 4. The maximum absolute atomic E-state index is 11.9. The van der Waals surface area contributed by atoms with Gasteiger partial charge in [-0.3, -0.25) is 4.79 Å². The van der Waals surface area contributed by atoms with E-state index in [0.29, 0.717) is 12.2 Å². The maximum atomic E-state index is 11.9. The molecule has 1 aliphatic rings. The molecule has 1 aromatic rings. The molecule has 0 spiro atoms. The molecular formula is C21H30O8. The van der Waals surface area contributed by atoms with E-state index in [1.54, 1.807) is 0 Å². The van der Waals surface area contributed by atoms with E-state index in [2.05, 4.69) is 6.58 Å². The highest BCUT2D eigenvalue weighted by molar-refractivity contribution is 5.69. The first-order valence-corrected chi connectivity index (χ1v) is 9.84. The summed E-state index contributed by atoms with van der Waals surface area (Å²) in [6, 6.07) is 5.72. The second-order valence-electron chi connectivity index (χ2n) is 7.05. The number of allylic oxidation sites excluding steroid dienone is 1. The molecule has 0 bridgehead atoms. The minimum absolute atomic E-state index is 0.0448. The second kappa shape index (κ2) is 11.8. The van der Waals surface area contributed by atoms with Crippen molar-refractivity contribution in [3.63, 3.8) is 0 Å². The summed E-state index contributed by atoms with van der Waals surface area (Å²) in [5.41, 5.74) is 0. The number of phenolic OH excluding ortho intramolecular Hbond substituents is 1. The van der Waals surface area contributed by atoms with Crippen LogP contribution in [0.2, 0.25) is 0 Å². The van der Waals surface area contributed by atoms with Crippen LogP contribution in [0.15, 0.2) is 36.9 Å². The Labute approximate surface area is 170 Å². The van der Waals surface area contributed by atoms with Gasteiger partial charge in [-0.25, -0.2) is 0 Å². The van der Waals surface area contributed by atoms with Gasteiger partial charge in [-0.05, 0) is 43.5 Å². The van der Waals surface area contributed by atoms with E-state index in [-0.39, 0.29) is 18.8 Å². The summed E-state index contributed by atoms with van der Waals surface area (Å²) >= 11 is 0. The fraction of sp³-hybridized carbons (Fsp3) is 0.571. The summed E-state index contributed by atoms with van der Waals surface area (Å²) in [7, 11) is 0. The topological polar surface area (TPSA) is 126 Å². The molecule has 1 fully saturated rings. The van der Waals surface area contributed by atoms with E-state index in [1.165, 1.54) is 24.3 Å². The minimum Gasteiger partial charge on any atom is -0.508 e. The molecule has 2 rings (SSSR count). The smallest absolute Gasteiger partial charge is 0.305 e.